The highest BCUT2D eigenvalue weighted by Crippen LogP contribution is 2.31. The number of carbonyl (C=O) groups excluding carboxylic acids is 3. The number of anilines is 1. The van der Waals surface area contributed by atoms with Crippen LogP contribution in [0, 0.1) is 0 Å². The monoisotopic (exact) mass is 422 g/mol. The third kappa shape index (κ3) is 5.51. The molecular formula is C24H26N2O5. The molecule has 7 nitrogen and oxygen atoms in total. The number of hydrogen-bond acceptors (Lipinski definition) is 5. The molecule has 0 saturated heterocycles. The Bertz CT molecular complexity index is 984. The Morgan fingerprint density at radius 1 is 1.16 bits per heavy atom. The summed E-state index contributed by atoms with van der Waals surface area (Å²) < 4.78 is 10.2. The number of nitrogens with zero attached hydrogens (tertiary/aromatic N) is 1. The molecule has 0 saturated carbocycles. The van der Waals surface area contributed by atoms with E-state index in [1.807, 2.05) is 43.3 Å². The lowest BCUT2D eigenvalue weighted by molar-refractivity contribution is -0.150. The number of amides is 2. The van der Waals surface area contributed by atoms with Crippen LogP contribution in [0.25, 0.3) is 6.08 Å². The van der Waals surface area contributed by atoms with E-state index in [-0.39, 0.29) is 18.6 Å². The first-order valence-electron chi connectivity index (χ1n) is 10.1. The molecule has 1 N–H and O–H groups in total. The predicted octanol–water partition coefficient (Wildman–Crippen LogP) is 2.73. The maximum Gasteiger partial charge on any atom is 0.328 e. The van der Waals surface area contributed by atoms with Gasteiger partial charge in [-0.05, 0) is 55.7 Å². The van der Waals surface area contributed by atoms with E-state index < -0.39 is 17.9 Å². The van der Waals surface area contributed by atoms with Crippen molar-refractivity contribution in [2.45, 2.75) is 32.4 Å². The van der Waals surface area contributed by atoms with E-state index in [4.69, 9.17) is 9.47 Å². The highest BCUT2D eigenvalue weighted by molar-refractivity contribution is 5.98. The van der Waals surface area contributed by atoms with Crippen molar-refractivity contribution in [1.82, 2.24) is 5.32 Å². The van der Waals surface area contributed by atoms with E-state index in [9.17, 15) is 14.4 Å². The van der Waals surface area contributed by atoms with Crippen LogP contribution < -0.4 is 15.0 Å². The molecule has 2 aromatic rings. The molecule has 0 aromatic heterocycles. The van der Waals surface area contributed by atoms with Crippen LogP contribution >= 0.6 is 0 Å². The van der Waals surface area contributed by atoms with Crippen molar-refractivity contribution in [2.75, 3.05) is 18.6 Å². The van der Waals surface area contributed by atoms with Crippen molar-refractivity contribution in [3.8, 4) is 5.75 Å². The van der Waals surface area contributed by atoms with E-state index in [0.29, 0.717) is 0 Å². The molecule has 1 aliphatic rings. The third-order valence-corrected chi connectivity index (χ3v) is 5.07. The SMILES string of the molecule is COc1ccc(/C=C/C(=O)N[C@@H](C)C(=O)OCC(=O)N2c3ccccc3C[C@H]2C)cc1. The molecule has 2 atom stereocenters. The van der Waals surface area contributed by atoms with Gasteiger partial charge in [-0.1, -0.05) is 30.3 Å². The molecule has 7 heteroatoms. The van der Waals surface area contributed by atoms with Crippen LogP contribution in [0.4, 0.5) is 5.69 Å². The summed E-state index contributed by atoms with van der Waals surface area (Å²) in [6.45, 7) is 3.09. The molecule has 0 fully saturated rings. The molecule has 162 valence electrons. The van der Waals surface area contributed by atoms with Gasteiger partial charge in [-0.3, -0.25) is 9.59 Å². The maximum absolute atomic E-state index is 12.6. The zero-order valence-electron chi connectivity index (χ0n) is 17.8. The molecule has 0 bridgehead atoms. The van der Waals surface area contributed by atoms with Gasteiger partial charge in [0.2, 0.25) is 5.91 Å². The topological polar surface area (TPSA) is 84.9 Å². The standard InChI is InChI=1S/C24H26N2O5/c1-16-14-19-6-4-5-7-21(19)26(16)23(28)15-31-24(29)17(2)25-22(27)13-10-18-8-11-20(30-3)12-9-18/h4-13,16-17H,14-15H2,1-3H3,(H,25,27)/b13-10+/t16-,17+/m1/s1. The van der Waals surface area contributed by atoms with Crippen molar-refractivity contribution in [2.24, 2.45) is 0 Å². The molecule has 2 aromatic carbocycles. The van der Waals surface area contributed by atoms with Gasteiger partial charge in [-0.2, -0.15) is 0 Å². The third-order valence-electron chi connectivity index (χ3n) is 5.07. The number of carbonyl (C=O) groups is 3. The van der Waals surface area contributed by atoms with Gasteiger partial charge in [0.15, 0.2) is 6.61 Å². The molecule has 31 heavy (non-hydrogen) atoms. The summed E-state index contributed by atoms with van der Waals surface area (Å²) in [7, 11) is 1.58. The van der Waals surface area contributed by atoms with E-state index in [2.05, 4.69) is 5.32 Å². The number of esters is 1. The van der Waals surface area contributed by atoms with Crippen LogP contribution in [-0.2, 0) is 25.5 Å². The molecule has 2 amide bonds. The Labute approximate surface area is 181 Å². The quantitative estimate of drug-likeness (QED) is 0.548. The highest BCUT2D eigenvalue weighted by Gasteiger charge is 2.31. The van der Waals surface area contributed by atoms with Crippen molar-refractivity contribution < 1.29 is 23.9 Å². The number of hydrogen-bond donors (Lipinski definition) is 1. The molecule has 0 aliphatic carbocycles. The summed E-state index contributed by atoms with van der Waals surface area (Å²) in [6, 6.07) is 14.0. The molecule has 0 spiro atoms. The van der Waals surface area contributed by atoms with Crippen molar-refractivity contribution in [1.29, 1.82) is 0 Å². The van der Waals surface area contributed by atoms with Crippen LogP contribution in [0.1, 0.15) is 25.0 Å². The van der Waals surface area contributed by atoms with E-state index in [1.54, 1.807) is 30.2 Å². The average Bonchev–Trinajstić information content (AvgIpc) is 3.11. The number of methoxy groups -OCH3 is 1. The molecule has 1 aliphatic heterocycles. The first-order chi connectivity index (χ1) is 14.9. The number of nitrogens with one attached hydrogen (secondary N) is 1. The normalized spacial score (nSPS) is 16.0. The zero-order chi connectivity index (χ0) is 22.4. The van der Waals surface area contributed by atoms with Crippen LogP contribution in [0.3, 0.4) is 0 Å². The molecule has 3 rings (SSSR count). The fraction of sp³-hybridized carbons (Fsp3) is 0.292. The molecular weight excluding hydrogens is 396 g/mol. The van der Waals surface area contributed by atoms with Gasteiger partial charge in [0, 0.05) is 17.8 Å². The zero-order valence-corrected chi connectivity index (χ0v) is 17.8. The maximum atomic E-state index is 12.6. The second kappa shape index (κ2) is 9.93. The summed E-state index contributed by atoms with van der Waals surface area (Å²) in [6.07, 6.45) is 3.73. The second-order valence-corrected chi connectivity index (χ2v) is 7.39. The van der Waals surface area contributed by atoms with Crippen LogP contribution in [0.5, 0.6) is 5.75 Å². The number of ether oxygens (including phenoxy) is 2. The summed E-state index contributed by atoms with van der Waals surface area (Å²) in [5, 5.41) is 2.54. The fourth-order valence-electron chi connectivity index (χ4n) is 3.48. The minimum atomic E-state index is -0.885. The molecule has 0 unspecified atom stereocenters. The first-order valence-corrected chi connectivity index (χ1v) is 10.1. The predicted molar refractivity (Wildman–Crippen MR) is 118 cm³/mol. The summed E-state index contributed by atoms with van der Waals surface area (Å²) in [4.78, 5) is 38.6. The number of fused-ring (bicyclic) bond motifs is 1. The number of benzene rings is 2. The fourth-order valence-corrected chi connectivity index (χ4v) is 3.48. The number of rotatable bonds is 7. The van der Waals surface area contributed by atoms with E-state index in [1.165, 1.54) is 13.0 Å². The van der Waals surface area contributed by atoms with Gasteiger partial charge < -0.3 is 19.7 Å². The van der Waals surface area contributed by atoms with Gasteiger partial charge in [0.05, 0.1) is 7.11 Å². The lowest BCUT2D eigenvalue weighted by Crippen LogP contribution is -2.42. The Kier molecular flexibility index (Phi) is 7.07. The summed E-state index contributed by atoms with van der Waals surface area (Å²) in [5.41, 5.74) is 2.76. The van der Waals surface area contributed by atoms with Crippen molar-refractivity contribution in [3.05, 3.63) is 65.7 Å². The Morgan fingerprint density at radius 3 is 2.58 bits per heavy atom. The smallest absolute Gasteiger partial charge is 0.328 e. The number of para-hydroxylation sites is 1. The largest absolute Gasteiger partial charge is 0.497 e. The minimum Gasteiger partial charge on any atom is -0.497 e. The summed E-state index contributed by atoms with van der Waals surface area (Å²) in [5.74, 6) is -0.670. The lowest BCUT2D eigenvalue weighted by atomic mass is 10.1. The van der Waals surface area contributed by atoms with Crippen molar-refractivity contribution >= 4 is 29.5 Å². The minimum absolute atomic E-state index is 0.00354. The van der Waals surface area contributed by atoms with E-state index in [0.717, 1.165) is 29.0 Å². The van der Waals surface area contributed by atoms with Crippen LogP contribution in [0.2, 0.25) is 0 Å². The average molecular weight is 422 g/mol. The second-order valence-electron chi connectivity index (χ2n) is 7.39. The first kappa shape index (κ1) is 22.1. The van der Waals surface area contributed by atoms with Crippen molar-refractivity contribution in [3.63, 3.8) is 0 Å². The highest BCUT2D eigenvalue weighted by atomic mass is 16.5. The van der Waals surface area contributed by atoms with Gasteiger partial charge in [-0.25, -0.2) is 4.79 Å². The Balaban J connectivity index is 1.48. The molecule has 0 radical (unpaired) electrons. The van der Waals surface area contributed by atoms with E-state index >= 15 is 0 Å². The Hall–Kier alpha value is -3.61. The summed E-state index contributed by atoms with van der Waals surface area (Å²) >= 11 is 0. The van der Waals surface area contributed by atoms with Gasteiger partial charge in [-0.15, -0.1) is 0 Å². The van der Waals surface area contributed by atoms with Crippen LogP contribution in [-0.4, -0.2) is 43.6 Å². The lowest BCUT2D eigenvalue weighted by Gasteiger charge is -2.23. The van der Waals surface area contributed by atoms with Gasteiger partial charge >= 0.3 is 5.97 Å². The van der Waals surface area contributed by atoms with Gasteiger partial charge in [0.1, 0.15) is 11.8 Å². The van der Waals surface area contributed by atoms with Crippen LogP contribution in [0.15, 0.2) is 54.6 Å². The molecule has 1 heterocycles. The van der Waals surface area contributed by atoms with Gasteiger partial charge in [0.25, 0.3) is 5.91 Å². The Morgan fingerprint density at radius 2 is 1.87 bits per heavy atom.